The van der Waals surface area contributed by atoms with Gasteiger partial charge in [-0.2, -0.15) is 0 Å². The van der Waals surface area contributed by atoms with Crippen molar-refractivity contribution in [2.45, 2.75) is 19.8 Å². The van der Waals surface area contributed by atoms with Crippen molar-refractivity contribution < 1.29 is 23.5 Å². The molecular formula is C14H14FNO4. The lowest BCUT2D eigenvalue weighted by atomic mass is 10.1. The van der Waals surface area contributed by atoms with Crippen molar-refractivity contribution in [1.82, 2.24) is 0 Å². The molecule has 5 nitrogen and oxygen atoms in total. The van der Waals surface area contributed by atoms with Gasteiger partial charge in [0.2, 0.25) is 11.7 Å². The van der Waals surface area contributed by atoms with Gasteiger partial charge in [-0.3, -0.25) is 14.4 Å². The first-order valence-corrected chi connectivity index (χ1v) is 6.24. The first-order valence-electron chi connectivity index (χ1n) is 6.24. The minimum Gasteiger partial charge on any atom is -0.457 e. The van der Waals surface area contributed by atoms with Gasteiger partial charge in [0.25, 0.3) is 0 Å². The van der Waals surface area contributed by atoms with E-state index in [4.69, 9.17) is 4.74 Å². The molecule has 0 spiro atoms. The molecule has 1 N–H and O–H groups in total. The van der Waals surface area contributed by atoms with Crippen molar-refractivity contribution in [3.8, 4) is 0 Å². The van der Waals surface area contributed by atoms with E-state index in [1.807, 2.05) is 0 Å². The van der Waals surface area contributed by atoms with E-state index in [-0.39, 0.29) is 23.1 Å². The molecule has 1 aromatic carbocycles. The number of carbonyl (C=O) groups is 3. The van der Waals surface area contributed by atoms with Gasteiger partial charge >= 0.3 is 5.97 Å². The molecule has 0 saturated heterocycles. The summed E-state index contributed by atoms with van der Waals surface area (Å²) in [5.41, 5.74) is 0.101. The maximum absolute atomic E-state index is 13.7. The SMILES string of the molecule is CC(=O)Nc1ccc(C(=O)COC(=O)C2CC2)c(F)c1. The van der Waals surface area contributed by atoms with Gasteiger partial charge in [-0.05, 0) is 31.0 Å². The van der Waals surface area contributed by atoms with Crippen LogP contribution >= 0.6 is 0 Å². The summed E-state index contributed by atoms with van der Waals surface area (Å²) < 4.78 is 18.5. The van der Waals surface area contributed by atoms with Crippen LogP contribution in [0.3, 0.4) is 0 Å². The van der Waals surface area contributed by atoms with Crippen LogP contribution in [-0.4, -0.2) is 24.3 Å². The minimum absolute atomic E-state index is 0.102. The molecule has 106 valence electrons. The molecule has 1 aliphatic carbocycles. The highest BCUT2D eigenvalue weighted by molar-refractivity contribution is 5.99. The first kappa shape index (κ1) is 14.2. The lowest BCUT2D eigenvalue weighted by Crippen LogP contribution is -2.16. The van der Waals surface area contributed by atoms with Crippen LogP contribution < -0.4 is 5.32 Å². The van der Waals surface area contributed by atoms with Crippen molar-refractivity contribution in [3.05, 3.63) is 29.6 Å². The highest BCUT2D eigenvalue weighted by Gasteiger charge is 2.31. The minimum atomic E-state index is -0.760. The number of ether oxygens (including phenoxy) is 1. The zero-order chi connectivity index (χ0) is 14.7. The molecule has 0 unspecified atom stereocenters. The van der Waals surface area contributed by atoms with Gasteiger partial charge < -0.3 is 10.1 Å². The third-order valence-corrected chi connectivity index (χ3v) is 2.85. The molecule has 1 aromatic rings. The highest BCUT2D eigenvalue weighted by atomic mass is 19.1. The van der Waals surface area contributed by atoms with Crippen molar-refractivity contribution in [2.75, 3.05) is 11.9 Å². The lowest BCUT2D eigenvalue weighted by molar-refractivity contribution is -0.144. The van der Waals surface area contributed by atoms with Gasteiger partial charge in [0, 0.05) is 12.6 Å². The van der Waals surface area contributed by atoms with Crippen LogP contribution in [0.1, 0.15) is 30.1 Å². The molecule has 0 radical (unpaired) electrons. The number of anilines is 1. The Kier molecular flexibility index (Phi) is 4.12. The van der Waals surface area contributed by atoms with Crippen molar-refractivity contribution >= 4 is 23.3 Å². The fraction of sp³-hybridized carbons (Fsp3) is 0.357. The van der Waals surface area contributed by atoms with Gasteiger partial charge in [0.05, 0.1) is 11.5 Å². The number of rotatable bonds is 5. The van der Waals surface area contributed by atoms with Crippen molar-refractivity contribution in [3.63, 3.8) is 0 Å². The fourth-order valence-corrected chi connectivity index (χ4v) is 1.67. The highest BCUT2D eigenvalue weighted by Crippen LogP contribution is 2.30. The molecule has 6 heteroatoms. The third kappa shape index (κ3) is 3.63. The number of halogens is 1. The van der Waals surface area contributed by atoms with E-state index in [9.17, 15) is 18.8 Å². The zero-order valence-corrected chi connectivity index (χ0v) is 10.9. The number of benzene rings is 1. The van der Waals surface area contributed by atoms with Gasteiger partial charge in [-0.25, -0.2) is 4.39 Å². The Hall–Kier alpha value is -2.24. The second kappa shape index (κ2) is 5.81. The van der Waals surface area contributed by atoms with Crippen LogP contribution in [0.15, 0.2) is 18.2 Å². The smallest absolute Gasteiger partial charge is 0.309 e. The van der Waals surface area contributed by atoms with Gasteiger partial charge in [-0.15, -0.1) is 0 Å². The van der Waals surface area contributed by atoms with Gasteiger partial charge in [-0.1, -0.05) is 0 Å². The van der Waals surface area contributed by atoms with Crippen LogP contribution in [-0.2, 0) is 14.3 Å². The molecule has 2 rings (SSSR count). The Morgan fingerprint density at radius 2 is 2.05 bits per heavy atom. The van der Waals surface area contributed by atoms with Crippen molar-refractivity contribution in [1.29, 1.82) is 0 Å². The zero-order valence-electron chi connectivity index (χ0n) is 10.9. The standard InChI is InChI=1S/C14H14FNO4/c1-8(17)16-10-4-5-11(12(15)6-10)13(18)7-20-14(19)9-2-3-9/h4-6,9H,2-3,7H2,1H3,(H,16,17). The number of carbonyl (C=O) groups excluding carboxylic acids is 3. The quantitative estimate of drug-likeness (QED) is 0.660. The summed E-state index contributed by atoms with van der Waals surface area (Å²) in [6, 6.07) is 3.73. The van der Waals surface area contributed by atoms with Crippen LogP contribution in [0.4, 0.5) is 10.1 Å². The predicted molar refractivity (Wildman–Crippen MR) is 68.7 cm³/mol. The van der Waals surface area contributed by atoms with Crippen molar-refractivity contribution in [2.24, 2.45) is 5.92 Å². The number of hydrogen-bond donors (Lipinski definition) is 1. The molecule has 1 fully saturated rings. The Labute approximate surface area is 115 Å². The number of ketones is 1. The Bertz CT molecular complexity index is 566. The number of nitrogens with one attached hydrogen (secondary N) is 1. The summed E-state index contributed by atoms with van der Waals surface area (Å²) in [6.07, 6.45) is 1.57. The average molecular weight is 279 g/mol. The number of Topliss-reactive ketones (excluding diaryl/α,β-unsaturated/α-hetero) is 1. The topological polar surface area (TPSA) is 72.5 Å². The summed E-state index contributed by atoms with van der Waals surface area (Å²) >= 11 is 0. The van der Waals surface area contributed by atoms with Crippen LogP contribution in [0, 0.1) is 11.7 Å². The molecule has 0 heterocycles. The Morgan fingerprint density at radius 1 is 1.35 bits per heavy atom. The monoisotopic (exact) mass is 279 g/mol. The van der Waals surface area contributed by atoms with E-state index in [2.05, 4.69) is 5.32 Å². The summed E-state index contributed by atoms with van der Waals surface area (Å²) in [7, 11) is 0. The Morgan fingerprint density at radius 3 is 2.60 bits per heavy atom. The molecule has 0 bridgehead atoms. The molecule has 1 saturated carbocycles. The first-order chi connectivity index (χ1) is 9.47. The second-order valence-corrected chi connectivity index (χ2v) is 4.68. The summed E-state index contributed by atoms with van der Waals surface area (Å²) in [5.74, 6) is -2.21. The van der Waals surface area contributed by atoms with Crippen LogP contribution in [0.2, 0.25) is 0 Å². The number of amides is 1. The molecule has 0 atom stereocenters. The van der Waals surface area contributed by atoms with E-state index in [1.54, 1.807) is 0 Å². The maximum atomic E-state index is 13.7. The molecule has 0 aliphatic heterocycles. The predicted octanol–water partition coefficient (Wildman–Crippen LogP) is 1.92. The van der Waals surface area contributed by atoms with Gasteiger partial charge in [0.15, 0.2) is 6.61 Å². The second-order valence-electron chi connectivity index (χ2n) is 4.68. The lowest BCUT2D eigenvalue weighted by Gasteiger charge is -2.07. The Balaban J connectivity index is 1.98. The molecule has 0 aromatic heterocycles. The number of hydrogen-bond acceptors (Lipinski definition) is 4. The largest absolute Gasteiger partial charge is 0.457 e. The number of esters is 1. The molecule has 1 amide bonds. The van der Waals surface area contributed by atoms with E-state index < -0.39 is 24.2 Å². The van der Waals surface area contributed by atoms with E-state index in [0.717, 1.165) is 18.9 Å². The third-order valence-electron chi connectivity index (χ3n) is 2.85. The van der Waals surface area contributed by atoms with E-state index >= 15 is 0 Å². The summed E-state index contributed by atoms with van der Waals surface area (Å²) in [4.78, 5) is 33.9. The van der Waals surface area contributed by atoms with E-state index in [0.29, 0.717) is 0 Å². The molecular weight excluding hydrogens is 265 g/mol. The molecule has 20 heavy (non-hydrogen) atoms. The van der Waals surface area contributed by atoms with Crippen LogP contribution in [0.5, 0.6) is 0 Å². The average Bonchev–Trinajstić information content (AvgIpc) is 3.19. The van der Waals surface area contributed by atoms with Crippen LogP contribution in [0.25, 0.3) is 0 Å². The summed E-state index contributed by atoms with van der Waals surface area (Å²) in [5, 5.41) is 2.41. The van der Waals surface area contributed by atoms with E-state index in [1.165, 1.54) is 19.1 Å². The normalized spacial score (nSPS) is 13.7. The summed E-state index contributed by atoms with van der Waals surface area (Å²) in [6.45, 7) is 0.833. The fourth-order valence-electron chi connectivity index (χ4n) is 1.67. The van der Waals surface area contributed by atoms with Gasteiger partial charge in [0.1, 0.15) is 5.82 Å². The maximum Gasteiger partial charge on any atom is 0.309 e. The molecule has 1 aliphatic rings.